The zero-order valence-corrected chi connectivity index (χ0v) is 11.2. The summed E-state index contributed by atoms with van der Waals surface area (Å²) < 4.78 is 5.32. The molecule has 2 rings (SSSR count). The van der Waals surface area contributed by atoms with Crippen molar-refractivity contribution < 1.29 is 4.74 Å². The van der Waals surface area contributed by atoms with E-state index in [9.17, 15) is 0 Å². The molecule has 1 heterocycles. The third-order valence-corrected chi connectivity index (χ3v) is 3.50. The summed E-state index contributed by atoms with van der Waals surface area (Å²) in [6.07, 6.45) is 1.21. The highest BCUT2D eigenvalue weighted by molar-refractivity contribution is 5.61. The lowest BCUT2D eigenvalue weighted by Gasteiger charge is -2.15. The summed E-state index contributed by atoms with van der Waals surface area (Å²) in [4.78, 5) is 4.59. The van der Waals surface area contributed by atoms with E-state index in [-0.39, 0.29) is 0 Å². The second-order valence-electron chi connectivity index (χ2n) is 5.09. The van der Waals surface area contributed by atoms with Gasteiger partial charge in [0.15, 0.2) is 0 Å². The molecule has 94 valence electrons. The number of likely N-dealkylation sites (N-methyl/N-ethyl adjacent to an activating group) is 1. The van der Waals surface area contributed by atoms with E-state index in [1.54, 1.807) is 7.11 Å². The van der Waals surface area contributed by atoms with Crippen LogP contribution in [0.15, 0.2) is 18.2 Å². The minimum absolute atomic E-state index is 0.632. The van der Waals surface area contributed by atoms with Crippen LogP contribution in [0.2, 0.25) is 0 Å². The molecule has 1 aromatic rings. The first kappa shape index (κ1) is 12.2. The summed E-state index contributed by atoms with van der Waals surface area (Å²) in [6, 6.07) is 6.41. The molecular weight excluding hydrogens is 212 g/mol. The van der Waals surface area contributed by atoms with Gasteiger partial charge in [0.25, 0.3) is 0 Å². The molecule has 1 aromatic carbocycles. The summed E-state index contributed by atoms with van der Waals surface area (Å²) in [5.74, 6) is 1.60. The summed E-state index contributed by atoms with van der Waals surface area (Å²) in [6.45, 7) is 2.26. The molecule has 1 aliphatic rings. The molecule has 0 spiro atoms. The Labute approximate surface area is 104 Å². The van der Waals surface area contributed by atoms with Crippen LogP contribution in [0.25, 0.3) is 0 Å². The monoisotopic (exact) mass is 234 g/mol. The lowest BCUT2D eigenvalue weighted by atomic mass is 9.97. The Kier molecular flexibility index (Phi) is 3.57. The molecular formula is C14H22N2O. The van der Waals surface area contributed by atoms with Crippen LogP contribution in [-0.4, -0.2) is 46.2 Å². The quantitative estimate of drug-likeness (QED) is 0.794. The van der Waals surface area contributed by atoms with Gasteiger partial charge in [-0.2, -0.15) is 0 Å². The van der Waals surface area contributed by atoms with E-state index >= 15 is 0 Å². The third kappa shape index (κ3) is 2.55. The molecule has 0 N–H and O–H groups in total. The summed E-state index contributed by atoms with van der Waals surface area (Å²) >= 11 is 0. The average Bonchev–Trinajstić information content (AvgIpc) is 2.63. The molecule has 0 aliphatic carbocycles. The van der Waals surface area contributed by atoms with E-state index in [2.05, 4.69) is 43.1 Å². The van der Waals surface area contributed by atoms with Gasteiger partial charge in [-0.05, 0) is 50.8 Å². The fraction of sp³-hybridized carbons (Fsp3) is 0.571. The van der Waals surface area contributed by atoms with Gasteiger partial charge in [-0.25, -0.2) is 0 Å². The van der Waals surface area contributed by atoms with E-state index in [0.29, 0.717) is 5.92 Å². The van der Waals surface area contributed by atoms with Crippen molar-refractivity contribution in [2.75, 3.05) is 46.2 Å². The number of benzene rings is 1. The zero-order chi connectivity index (χ0) is 12.4. The second-order valence-corrected chi connectivity index (χ2v) is 5.09. The molecule has 0 fully saturated rings. The molecule has 1 atom stereocenters. The Bertz CT molecular complexity index is 390. The minimum Gasteiger partial charge on any atom is -0.497 e. The topological polar surface area (TPSA) is 15.7 Å². The van der Waals surface area contributed by atoms with Gasteiger partial charge in [0.2, 0.25) is 0 Å². The van der Waals surface area contributed by atoms with E-state index in [1.807, 2.05) is 6.07 Å². The van der Waals surface area contributed by atoms with Crippen LogP contribution in [0.4, 0.5) is 5.69 Å². The van der Waals surface area contributed by atoms with Crippen molar-refractivity contribution in [3.05, 3.63) is 23.8 Å². The van der Waals surface area contributed by atoms with E-state index in [1.165, 1.54) is 17.7 Å². The van der Waals surface area contributed by atoms with Gasteiger partial charge >= 0.3 is 0 Å². The van der Waals surface area contributed by atoms with Crippen LogP contribution in [0.3, 0.4) is 0 Å². The minimum atomic E-state index is 0.632. The summed E-state index contributed by atoms with van der Waals surface area (Å²) in [5.41, 5.74) is 2.79. The number of nitrogens with zero attached hydrogens (tertiary/aromatic N) is 2. The Morgan fingerprint density at radius 3 is 2.82 bits per heavy atom. The summed E-state index contributed by atoms with van der Waals surface area (Å²) in [7, 11) is 8.16. The first-order valence-electron chi connectivity index (χ1n) is 6.15. The highest BCUT2D eigenvalue weighted by atomic mass is 16.5. The molecule has 1 aliphatic heterocycles. The van der Waals surface area contributed by atoms with Crippen LogP contribution in [-0.2, 0) is 0 Å². The van der Waals surface area contributed by atoms with Crippen LogP contribution < -0.4 is 9.64 Å². The number of fused-ring (bicyclic) bond motifs is 1. The Morgan fingerprint density at radius 2 is 2.18 bits per heavy atom. The van der Waals surface area contributed by atoms with Crippen LogP contribution in [0.1, 0.15) is 17.9 Å². The largest absolute Gasteiger partial charge is 0.497 e. The molecule has 3 heteroatoms. The van der Waals surface area contributed by atoms with Crippen molar-refractivity contribution in [3.63, 3.8) is 0 Å². The number of ether oxygens (including phenoxy) is 1. The first-order chi connectivity index (χ1) is 8.11. The lowest BCUT2D eigenvalue weighted by Crippen LogP contribution is -2.19. The number of methoxy groups -OCH3 is 1. The maximum absolute atomic E-state index is 5.32. The fourth-order valence-corrected chi connectivity index (χ4v) is 2.52. The zero-order valence-electron chi connectivity index (χ0n) is 11.2. The SMILES string of the molecule is COc1ccc2c(c1)C(CCN(C)C)CN2C. The van der Waals surface area contributed by atoms with Crippen LogP contribution in [0.5, 0.6) is 5.75 Å². The molecule has 0 bridgehead atoms. The highest BCUT2D eigenvalue weighted by Crippen LogP contribution is 2.39. The molecule has 0 saturated carbocycles. The molecule has 3 nitrogen and oxygen atoms in total. The average molecular weight is 234 g/mol. The Morgan fingerprint density at radius 1 is 1.41 bits per heavy atom. The van der Waals surface area contributed by atoms with Gasteiger partial charge in [0.1, 0.15) is 5.75 Å². The third-order valence-electron chi connectivity index (χ3n) is 3.50. The van der Waals surface area contributed by atoms with Crippen molar-refractivity contribution in [1.29, 1.82) is 0 Å². The normalized spacial score (nSPS) is 18.6. The number of rotatable bonds is 4. The molecule has 1 unspecified atom stereocenters. The molecule has 0 saturated heterocycles. The maximum Gasteiger partial charge on any atom is 0.119 e. The van der Waals surface area contributed by atoms with Crippen molar-refractivity contribution >= 4 is 5.69 Å². The predicted molar refractivity (Wildman–Crippen MR) is 72.2 cm³/mol. The Balaban J connectivity index is 2.19. The van der Waals surface area contributed by atoms with Crippen LogP contribution in [0, 0.1) is 0 Å². The Hall–Kier alpha value is -1.22. The number of hydrogen-bond acceptors (Lipinski definition) is 3. The van der Waals surface area contributed by atoms with E-state index in [4.69, 9.17) is 4.74 Å². The predicted octanol–water partition coefficient (Wildman–Crippen LogP) is 2.18. The molecule has 0 amide bonds. The van der Waals surface area contributed by atoms with E-state index in [0.717, 1.165) is 18.8 Å². The molecule has 0 aromatic heterocycles. The standard InChI is InChI=1S/C14H22N2O/c1-15(2)8-7-11-10-16(3)14-6-5-12(17-4)9-13(11)14/h5-6,9,11H,7-8,10H2,1-4H3. The van der Waals surface area contributed by atoms with E-state index < -0.39 is 0 Å². The maximum atomic E-state index is 5.32. The van der Waals surface area contributed by atoms with Crippen molar-refractivity contribution in [2.45, 2.75) is 12.3 Å². The molecule has 0 radical (unpaired) electrons. The van der Waals surface area contributed by atoms with Gasteiger partial charge in [-0.15, -0.1) is 0 Å². The van der Waals surface area contributed by atoms with Gasteiger partial charge in [-0.3, -0.25) is 0 Å². The van der Waals surface area contributed by atoms with Crippen molar-refractivity contribution in [1.82, 2.24) is 4.90 Å². The van der Waals surface area contributed by atoms with Gasteiger partial charge < -0.3 is 14.5 Å². The smallest absolute Gasteiger partial charge is 0.119 e. The number of hydrogen-bond donors (Lipinski definition) is 0. The molecule has 17 heavy (non-hydrogen) atoms. The van der Waals surface area contributed by atoms with Crippen molar-refractivity contribution in [2.24, 2.45) is 0 Å². The highest BCUT2D eigenvalue weighted by Gasteiger charge is 2.26. The number of anilines is 1. The lowest BCUT2D eigenvalue weighted by molar-refractivity contribution is 0.383. The van der Waals surface area contributed by atoms with Crippen LogP contribution >= 0.6 is 0 Å². The van der Waals surface area contributed by atoms with Crippen molar-refractivity contribution in [3.8, 4) is 5.75 Å². The second kappa shape index (κ2) is 4.96. The summed E-state index contributed by atoms with van der Waals surface area (Å²) in [5, 5.41) is 0. The van der Waals surface area contributed by atoms with Gasteiger partial charge in [0.05, 0.1) is 7.11 Å². The first-order valence-corrected chi connectivity index (χ1v) is 6.15. The van der Waals surface area contributed by atoms with Gasteiger partial charge in [-0.1, -0.05) is 0 Å². The fourth-order valence-electron chi connectivity index (χ4n) is 2.52. The van der Waals surface area contributed by atoms with Gasteiger partial charge in [0, 0.05) is 25.2 Å².